The Labute approximate surface area is 85.3 Å². The zero-order valence-electron chi connectivity index (χ0n) is 7.42. The zero-order valence-corrected chi connectivity index (χ0v) is 8.18. The fourth-order valence-corrected chi connectivity index (χ4v) is 1.47. The van der Waals surface area contributed by atoms with Gasteiger partial charge in [0.15, 0.2) is 5.76 Å². The summed E-state index contributed by atoms with van der Waals surface area (Å²) in [4.78, 5) is 0. The molecule has 0 unspecified atom stereocenters. The zero-order chi connectivity index (χ0) is 10.1. The highest BCUT2D eigenvalue weighted by atomic mass is 35.5. The summed E-state index contributed by atoms with van der Waals surface area (Å²) in [6, 6.07) is 6.13. The molecular weight excluding hydrogens is 205 g/mol. The van der Waals surface area contributed by atoms with Gasteiger partial charge in [0.05, 0.1) is 16.3 Å². The predicted molar refractivity (Wildman–Crippen MR) is 51.6 cm³/mol. The van der Waals surface area contributed by atoms with Crippen LogP contribution >= 0.6 is 11.6 Å². The monoisotopic (exact) mass is 211 g/mol. The first kappa shape index (κ1) is 9.21. The maximum Gasteiger partial charge on any atom is 0.171 e. The van der Waals surface area contributed by atoms with Gasteiger partial charge in [-0.2, -0.15) is 0 Å². The Bertz CT molecular complexity index is 447. The average molecular weight is 212 g/mol. The number of aryl methyl sites for hydroxylation is 1. The smallest absolute Gasteiger partial charge is 0.171 e. The lowest BCUT2D eigenvalue weighted by molar-refractivity contribution is 0.425. The Morgan fingerprint density at radius 1 is 1.43 bits per heavy atom. The van der Waals surface area contributed by atoms with Crippen LogP contribution in [0.15, 0.2) is 28.8 Å². The van der Waals surface area contributed by atoms with Crippen LogP contribution in [0.4, 0.5) is 4.39 Å². The minimum atomic E-state index is -0.409. The molecule has 0 bridgehead atoms. The minimum Gasteiger partial charge on any atom is -0.356 e. The summed E-state index contributed by atoms with van der Waals surface area (Å²) in [5, 5.41) is 4.00. The van der Waals surface area contributed by atoms with Crippen molar-refractivity contribution in [1.82, 2.24) is 5.16 Å². The molecule has 2 rings (SSSR count). The third kappa shape index (κ3) is 1.51. The molecule has 0 atom stereocenters. The van der Waals surface area contributed by atoms with E-state index >= 15 is 0 Å². The standard InChI is InChI=1S/C10H7ClFNO/c1-6-5-9(14-13-6)10-7(11)3-2-4-8(10)12/h2-5H,1H3. The van der Waals surface area contributed by atoms with Gasteiger partial charge in [-0.15, -0.1) is 0 Å². The van der Waals surface area contributed by atoms with Gasteiger partial charge < -0.3 is 4.52 Å². The Morgan fingerprint density at radius 2 is 2.21 bits per heavy atom. The van der Waals surface area contributed by atoms with Crippen LogP contribution < -0.4 is 0 Å². The molecule has 0 saturated carbocycles. The van der Waals surface area contributed by atoms with E-state index in [2.05, 4.69) is 5.16 Å². The van der Waals surface area contributed by atoms with Gasteiger partial charge in [-0.3, -0.25) is 0 Å². The molecule has 4 heteroatoms. The molecule has 0 N–H and O–H groups in total. The van der Waals surface area contributed by atoms with Gasteiger partial charge >= 0.3 is 0 Å². The van der Waals surface area contributed by atoms with Crippen molar-refractivity contribution in [3.63, 3.8) is 0 Å². The predicted octanol–water partition coefficient (Wildman–Crippen LogP) is 3.44. The molecule has 0 aliphatic carbocycles. The summed E-state index contributed by atoms with van der Waals surface area (Å²) in [6.07, 6.45) is 0. The van der Waals surface area contributed by atoms with Crippen LogP contribution in [-0.2, 0) is 0 Å². The Hall–Kier alpha value is -1.35. The first-order chi connectivity index (χ1) is 6.68. The van der Waals surface area contributed by atoms with E-state index in [0.717, 1.165) is 0 Å². The molecule has 2 nitrogen and oxygen atoms in total. The van der Waals surface area contributed by atoms with Gasteiger partial charge in [0.1, 0.15) is 5.82 Å². The van der Waals surface area contributed by atoms with E-state index in [1.807, 2.05) is 0 Å². The van der Waals surface area contributed by atoms with Crippen molar-refractivity contribution in [1.29, 1.82) is 0 Å². The van der Waals surface area contributed by atoms with Crippen LogP contribution in [0, 0.1) is 12.7 Å². The Kier molecular flexibility index (Phi) is 2.25. The lowest BCUT2D eigenvalue weighted by Gasteiger charge is -1.99. The van der Waals surface area contributed by atoms with Gasteiger partial charge in [0, 0.05) is 6.07 Å². The van der Waals surface area contributed by atoms with Crippen LogP contribution in [0.5, 0.6) is 0 Å². The van der Waals surface area contributed by atoms with E-state index in [0.29, 0.717) is 16.5 Å². The number of aromatic nitrogens is 1. The van der Waals surface area contributed by atoms with Crippen molar-refractivity contribution in [2.24, 2.45) is 0 Å². The van der Waals surface area contributed by atoms with E-state index < -0.39 is 5.82 Å². The molecule has 0 radical (unpaired) electrons. The highest BCUT2D eigenvalue weighted by molar-refractivity contribution is 6.33. The van der Waals surface area contributed by atoms with Crippen molar-refractivity contribution in [2.45, 2.75) is 6.92 Å². The fraction of sp³-hybridized carbons (Fsp3) is 0.100. The number of hydrogen-bond donors (Lipinski definition) is 0. The Balaban J connectivity index is 2.61. The summed E-state index contributed by atoms with van der Waals surface area (Å²) < 4.78 is 18.3. The first-order valence-corrected chi connectivity index (χ1v) is 4.44. The summed E-state index contributed by atoms with van der Waals surface area (Å²) in [5.41, 5.74) is 0.953. The number of nitrogens with zero attached hydrogens (tertiary/aromatic N) is 1. The quantitative estimate of drug-likeness (QED) is 0.722. The van der Waals surface area contributed by atoms with Crippen molar-refractivity contribution in [3.8, 4) is 11.3 Å². The fourth-order valence-electron chi connectivity index (χ4n) is 1.21. The molecule has 0 spiro atoms. The van der Waals surface area contributed by atoms with Crippen LogP contribution in [-0.4, -0.2) is 5.16 Å². The highest BCUT2D eigenvalue weighted by Gasteiger charge is 2.13. The molecular formula is C10H7ClFNO. The SMILES string of the molecule is Cc1cc(-c2c(F)cccc2Cl)on1. The first-order valence-electron chi connectivity index (χ1n) is 4.06. The Morgan fingerprint density at radius 3 is 2.79 bits per heavy atom. The van der Waals surface area contributed by atoms with Gasteiger partial charge in [-0.1, -0.05) is 22.8 Å². The van der Waals surface area contributed by atoms with Crippen LogP contribution in [0.2, 0.25) is 5.02 Å². The summed E-state index contributed by atoms with van der Waals surface area (Å²) in [6.45, 7) is 1.77. The molecule has 0 saturated heterocycles. The molecule has 0 aliphatic heterocycles. The molecule has 1 heterocycles. The van der Waals surface area contributed by atoms with Crippen LogP contribution in [0.3, 0.4) is 0 Å². The van der Waals surface area contributed by atoms with E-state index in [4.69, 9.17) is 16.1 Å². The molecule has 14 heavy (non-hydrogen) atoms. The molecule has 1 aromatic heterocycles. The van der Waals surface area contributed by atoms with Gasteiger partial charge in [0.2, 0.25) is 0 Å². The molecule has 72 valence electrons. The molecule has 0 amide bonds. The lowest BCUT2D eigenvalue weighted by atomic mass is 10.1. The van der Waals surface area contributed by atoms with Gasteiger partial charge in [-0.05, 0) is 19.1 Å². The lowest BCUT2D eigenvalue weighted by Crippen LogP contribution is -1.82. The number of benzene rings is 1. The average Bonchev–Trinajstić information content (AvgIpc) is 2.51. The normalized spacial score (nSPS) is 10.5. The third-order valence-electron chi connectivity index (χ3n) is 1.84. The summed E-state index contributed by atoms with van der Waals surface area (Å²) >= 11 is 5.85. The van der Waals surface area contributed by atoms with Crippen molar-refractivity contribution < 1.29 is 8.91 Å². The molecule has 2 aromatic rings. The summed E-state index contributed by atoms with van der Waals surface area (Å²) in [5.74, 6) is -0.0562. The second kappa shape index (κ2) is 3.42. The van der Waals surface area contributed by atoms with E-state index in [1.54, 1.807) is 25.1 Å². The van der Waals surface area contributed by atoms with Gasteiger partial charge in [0.25, 0.3) is 0 Å². The van der Waals surface area contributed by atoms with Crippen molar-refractivity contribution in [2.75, 3.05) is 0 Å². The highest BCUT2D eigenvalue weighted by Crippen LogP contribution is 2.30. The molecule has 0 fully saturated rings. The van der Waals surface area contributed by atoms with Crippen LogP contribution in [0.1, 0.15) is 5.69 Å². The number of halogens is 2. The topological polar surface area (TPSA) is 26.0 Å². The minimum absolute atomic E-state index is 0.259. The van der Waals surface area contributed by atoms with E-state index in [-0.39, 0.29) is 5.56 Å². The summed E-state index contributed by atoms with van der Waals surface area (Å²) in [7, 11) is 0. The number of rotatable bonds is 1. The third-order valence-corrected chi connectivity index (χ3v) is 2.15. The molecule has 1 aromatic carbocycles. The van der Waals surface area contributed by atoms with Crippen LogP contribution in [0.25, 0.3) is 11.3 Å². The number of hydrogen-bond acceptors (Lipinski definition) is 2. The van der Waals surface area contributed by atoms with Gasteiger partial charge in [-0.25, -0.2) is 4.39 Å². The van der Waals surface area contributed by atoms with E-state index in [9.17, 15) is 4.39 Å². The largest absolute Gasteiger partial charge is 0.356 e. The second-order valence-corrected chi connectivity index (χ2v) is 3.34. The van der Waals surface area contributed by atoms with Crippen molar-refractivity contribution in [3.05, 3.63) is 40.8 Å². The van der Waals surface area contributed by atoms with Crippen molar-refractivity contribution >= 4 is 11.6 Å². The van der Waals surface area contributed by atoms with E-state index in [1.165, 1.54) is 6.07 Å². The second-order valence-electron chi connectivity index (χ2n) is 2.93. The molecule has 0 aliphatic rings. The maximum absolute atomic E-state index is 13.4. The maximum atomic E-state index is 13.4.